The molecule has 2 aromatic rings. The molecular formula is C14H19N3O2. The summed E-state index contributed by atoms with van der Waals surface area (Å²) in [6.07, 6.45) is 1.00. The van der Waals surface area contributed by atoms with E-state index in [1.54, 1.807) is 18.2 Å². The fourth-order valence-electron chi connectivity index (χ4n) is 2.27. The minimum Gasteiger partial charge on any atom is -0.325 e. The van der Waals surface area contributed by atoms with Gasteiger partial charge in [-0.25, -0.2) is 4.98 Å². The molecule has 0 fully saturated rings. The number of imidazole rings is 1. The largest absolute Gasteiger partial charge is 0.325 e. The fraction of sp³-hybridized carbons (Fsp3) is 0.500. The Morgan fingerprint density at radius 1 is 1.37 bits per heavy atom. The maximum Gasteiger partial charge on any atom is 0.271 e. The van der Waals surface area contributed by atoms with Crippen molar-refractivity contribution in [2.24, 2.45) is 0 Å². The van der Waals surface area contributed by atoms with E-state index < -0.39 is 0 Å². The van der Waals surface area contributed by atoms with Gasteiger partial charge in [-0.05, 0) is 19.4 Å². The Hall–Kier alpha value is -1.91. The van der Waals surface area contributed by atoms with E-state index in [2.05, 4.69) is 37.2 Å². The molecule has 0 N–H and O–H groups in total. The average molecular weight is 261 g/mol. The van der Waals surface area contributed by atoms with Gasteiger partial charge in [0, 0.05) is 24.1 Å². The third-order valence-electron chi connectivity index (χ3n) is 3.46. The molecule has 1 unspecified atom stereocenters. The molecular weight excluding hydrogens is 242 g/mol. The summed E-state index contributed by atoms with van der Waals surface area (Å²) >= 11 is 0. The van der Waals surface area contributed by atoms with E-state index in [1.165, 1.54) is 0 Å². The summed E-state index contributed by atoms with van der Waals surface area (Å²) in [6, 6.07) is 5.25. The molecule has 0 radical (unpaired) electrons. The zero-order chi connectivity index (χ0) is 14.2. The minimum absolute atomic E-state index is 0.0941. The third kappa shape index (κ3) is 2.32. The van der Waals surface area contributed by atoms with Crippen LogP contribution in [0, 0.1) is 10.1 Å². The Morgan fingerprint density at radius 2 is 2.05 bits per heavy atom. The van der Waals surface area contributed by atoms with Crippen LogP contribution in [0.1, 0.15) is 51.9 Å². The molecule has 1 aromatic carbocycles. The van der Waals surface area contributed by atoms with Crippen molar-refractivity contribution in [1.82, 2.24) is 9.55 Å². The fourth-order valence-corrected chi connectivity index (χ4v) is 2.27. The first-order valence-corrected chi connectivity index (χ1v) is 6.62. The second kappa shape index (κ2) is 4.99. The van der Waals surface area contributed by atoms with Crippen molar-refractivity contribution in [1.29, 1.82) is 0 Å². The highest BCUT2D eigenvalue weighted by atomic mass is 16.6. The summed E-state index contributed by atoms with van der Waals surface area (Å²) in [5.41, 5.74) is 1.78. The van der Waals surface area contributed by atoms with Crippen LogP contribution in [0.4, 0.5) is 5.69 Å². The lowest BCUT2D eigenvalue weighted by atomic mass is 10.1. The van der Waals surface area contributed by atoms with Crippen LogP contribution >= 0.6 is 0 Å². The van der Waals surface area contributed by atoms with Gasteiger partial charge in [0.1, 0.15) is 5.82 Å². The molecule has 0 saturated carbocycles. The number of nitrogens with zero attached hydrogens (tertiary/aromatic N) is 3. The van der Waals surface area contributed by atoms with Crippen LogP contribution in [-0.4, -0.2) is 14.5 Å². The molecule has 1 heterocycles. The number of non-ortho nitro benzene ring substituents is 1. The minimum atomic E-state index is -0.378. The van der Waals surface area contributed by atoms with E-state index in [4.69, 9.17) is 0 Å². The van der Waals surface area contributed by atoms with Crippen molar-refractivity contribution in [2.45, 2.75) is 46.1 Å². The Balaban J connectivity index is 2.70. The number of nitro groups is 1. The van der Waals surface area contributed by atoms with Crippen LogP contribution in [0.5, 0.6) is 0 Å². The number of benzene rings is 1. The number of hydrogen-bond acceptors (Lipinski definition) is 3. The molecule has 0 bridgehead atoms. The van der Waals surface area contributed by atoms with Gasteiger partial charge in [-0.1, -0.05) is 20.8 Å². The molecule has 1 aromatic heterocycles. The Bertz CT molecular complexity index is 616. The van der Waals surface area contributed by atoms with Gasteiger partial charge in [-0.15, -0.1) is 0 Å². The van der Waals surface area contributed by atoms with Gasteiger partial charge in [-0.2, -0.15) is 0 Å². The standard InChI is InChI=1S/C14H19N3O2/c1-5-10(4)16-13-7-6-11(17(18)19)8-12(13)15-14(16)9(2)3/h6-10H,5H2,1-4H3. The van der Waals surface area contributed by atoms with Gasteiger partial charge in [0.25, 0.3) is 5.69 Å². The van der Waals surface area contributed by atoms with Crippen LogP contribution in [0.25, 0.3) is 11.0 Å². The van der Waals surface area contributed by atoms with Crippen molar-refractivity contribution in [3.8, 4) is 0 Å². The average Bonchev–Trinajstić information content (AvgIpc) is 2.76. The normalized spacial score (nSPS) is 13.1. The number of nitro benzene ring substituents is 1. The first kappa shape index (κ1) is 13.5. The second-order valence-corrected chi connectivity index (χ2v) is 5.18. The molecule has 0 aliphatic heterocycles. The highest BCUT2D eigenvalue weighted by Gasteiger charge is 2.19. The quantitative estimate of drug-likeness (QED) is 0.616. The predicted molar refractivity (Wildman–Crippen MR) is 75.5 cm³/mol. The summed E-state index contributed by atoms with van der Waals surface area (Å²) in [5, 5.41) is 10.8. The van der Waals surface area contributed by atoms with Gasteiger partial charge in [0.05, 0.1) is 16.0 Å². The summed E-state index contributed by atoms with van der Waals surface area (Å²) in [4.78, 5) is 15.0. The molecule has 2 rings (SSSR count). The molecule has 0 aliphatic rings. The topological polar surface area (TPSA) is 61.0 Å². The van der Waals surface area contributed by atoms with Gasteiger partial charge in [-0.3, -0.25) is 10.1 Å². The molecule has 5 heteroatoms. The van der Waals surface area contributed by atoms with Crippen molar-refractivity contribution in [3.63, 3.8) is 0 Å². The van der Waals surface area contributed by atoms with E-state index in [0.717, 1.165) is 17.8 Å². The monoisotopic (exact) mass is 261 g/mol. The van der Waals surface area contributed by atoms with Crippen LogP contribution in [0.3, 0.4) is 0 Å². The lowest BCUT2D eigenvalue weighted by Crippen LogP contribution is -2.09. The summed E-state index contributed by atoms with van der Waals surface area (Å²) in [6.45, 7) is 8.46. The SMILES string of the molecule is CCC(C)n1c(C(C)C)nc2cc([N+](=O)[O-])ccc21. The molecule has 1 atom stereocenters. The lowest BCUT2D eigenvalue weighted by Gasteiger charge is -2.17. The number of aromatic nitrogens is 2. The molecule has 102 valence electrons. The van der Waals surface area contributed by atoms with E-state index in [9.17, 15) is 10.1 Å². The smallest absolute Gasteiger partial charge is 0.271 e. The van der Waals surface area contributed by atoms with Crippen molar-refractivity contribution < 1.29 is 4.92 Å². The van der Waals surface area contributed by atoms with Crippen LogP contribution in [0.2, 0.25) is 0 Å². The van der Waals surface area contributed by atoms with Crippen LogP contribution in [-0.2, 0) is 0 Å². The molecule has 0 saturated heterocycles. The number of hydrogen-bond donors (Lipinski definition) is 0. The molecule has 5 nitrogen and oxygen atoms in total. The van der Waals surface area contributed by atoms with Crippen molar-refractivity contribution >= 4 is 16.7 Å². The number of fused-ring (bicyclic) bond motifs is 1. The molecule has 0 spiro atoms. The number of rotatable bonds is 4. The summed E-state index contributed by atoms with van der Waals surface area (Å²) in [7, 11) is 0. The van der Waals surface area contributed by atoms with E-state index in [1.807, 2.05) is 0 Å². The van der Waals surface area contributed by atoms with E-state index in [0.29, 0.717) is 17.5 Å². The van der Waals surface area contributed by atoms with Crippen molar-refractivity contribution in [2.75, 3.05) is 0 Å². The second-order valence-electron chi connectivity index (χ2n) is 5.18. The maximum absolute atomic E-state index is 10.8. The third-order valence-corrected chi connectivity index (χ3v) is 3.46. The lowest BCUT2D eigenvalue weighted by molar-refractivity contribution is -0.384. The van der Waals surface area contributed by atoms with E-state index in [-0.39, 0.29) is 10.6 Å². The van der Waals surface area contributed by atoms with Crippen molar-refractivity contribution in [3.05, 3.63) is 34.1 Å². The molecule has 19 heavy (non-hydrogen) atoms. The van der Waals surface area contributed by atoms with Crippen LogP contribution in [0.15, 0.2) is 18.2 Å². The van der Waals surface area contributed by atoms with Gasteiger partial charge < -0.3 is 4.57 Å². The highest BCUT2D eigenvalue weighted by Crippen LogP contribution is 2.29. The summed E-state index contributed by atoms with van der Waals surface area (Å²) < 4.78 is 2.20. The maximum atomic E-state index is 10.8. The Kier molecular flexibility index (Phi) is 3.55. The predicted octanol–water partition coefficient (Wildman–Crippen LogP) is 4.04. The first-order valence-electron chi connectivity index (χ1n) is 6.62. The van der Waals surface area contributed by atoms with Gasteiger partial charge >= 0.3 is 0 Å². The zero-order valence-electron chi connectivity index (χ0n) is 11.8. The zero-order valence-corrected chi connectivity index (χ0v) is 11.8. The highest BCUT2D eigenvalue weighted by molar-refractivity contribution is 5.79. The van der Waals surface area contributed by atoms with Crippen LogP contribution < -0.4 is 0 Å². The first-order chi connectivity index (χ1) is 8.95. The Morgan fingerprint density at radius 3 is 2.58 bits per heavy atom. The molecule has 0 aliphatic carbocycles. The van der Waals surface area contributed by atoms with E-state index >= 15 is 0 Å². The van der Waals surface area contributed by atoms with Gasteiger partial charge in [0.15, 0.2) is 0 Å². The molecule has 0 amide bonds. The van der Waals surface area contributed by atoms with Gasteiger partial charge in [0.2, 0.25) is 0 Å². The summed E-state index contributed by atoms with van der Waals surface area (Å²) in [5.74, 6) is 1.28. The Labute approximate surface area is 112 Å².